The number of allylic oxidation sites excluding steroid dienone is 3. The van der Waals surface area contributed by atoms with Gasteiger partial charge in [-0.3, -0.25) is 9.97 Å². The molecule has 4 aromatic carbocycles. The average molecular weight is 952 g/mol. The lowest BCUT2D eigenvalue weighted by molar-refractivity contribution is 0.596. The van der Waals surface area contributed by atoms with Gasteiger partial charge in [0, 0.05) is 42.1 Å². The van der Waals surface area contributed by atoms with Crippen molar-refractivity contribution in [3.63, 3.8) is 0 Å². The molecule has 69 heavy (non-hydrogen) atoms. The van der Waals surface area contributed by atoms with E-state index in [1.807, 2.05) is 90.3 Å². The first kappa shape index (κ1) is 57.4. The summed E-state index contributed by atoms with van der Waals surface area (Å²) in [4.78, 5) is 8.77. The predicted molar refractivity (Wildman–Crippen MR) is 290 cm³/mol. The van der Waals surface area contributed by atoms with Crippen LogP contribution in [0.3, 0.4) is 0 Å². The number of aromatic nitrogens is 2. The fraction of sp³-hybridized carbons (Fsp3) is 0.371. The van der Waals surface area contributed by atoms with Gasteiger partial charge in [0.25, 0.3) is 0 Å². The second-order valence-corrected chi connectivity index (χ2v) is 19.7. The highest BCUT2D eigenvalue weighted by Gasteiger charge is 2.10. The summed E-state index contributed by atoms with van der Waals surface area (Å²) in [5, 5.41) is 12.5. The van der Waals surface area contributed by atoms with Crippen molar-refractivity contribution in [1.29, 1.82) is 5.26 Å². The van der Waals surface area contributed by atoms with Crippen LogP contribution >= 0.6 is 11.6 Å². The van der Waals surface area contributed by atoms with Crippen molar-refractivity contribution in [2.45, 2.75) is 145 Å². The predicted octanol–water partition coefficient (Wildman–Crippen LogP) is 16.9. The number of hydrogen-bond acceptors (Lipinski definition) is 4. The summed E-state index contributed by atoms with van der Waals surface area (Å²) in [6.45, 7) is 29.1. The highest BCUT2D eigenvalue weighted by Crippen LogP contribution is 2.24. The highest BCUT2D eigenvalue weighted by atomic mass is 35.5. The Kier molecular flexibility index (Phi) is 24.3. The molecule has 0 aliphatic heterocycles. The number of nitriles is 1. The highest BCUT2D eigenvalue weighted by molar-refractivity contribution is 6.30. The van der Waals surface area contributed by atoms with Crippen molar-refractivity contribution in [1.82, 2.24) is 15.3 Å². The van der Waals surface area contributed by atoms with Crippen molar-refractivity contribution in [3.05, 3.63) is 223 Å². The van der Waals surface area contributed by atoms with Gasteiger partial charge in [-0.2, -0.15) is 5.26 Å². The SMILES string of the molecule is C=C(C#N)/C=C(/CCc1ccc(F)c(C(C)C)c1)NC.Cc1ccc(CCc2ccc(Cl)cn2)cc1C(C)C.Cc1ccc(F)c(C(C)C)c1.Cc1ccnc(CCc2ccc(C)c(C(C)C)c2)c1. The molecule has 2 aromatic heterocycles. The Morgan fingerprint density at radius 3 is 1.55 bits per heavy atom. The van der Waals surface area contributed by atoms with Crippen LogP contribution in [-0.2, 0) is 32.1 Å². The Morgan fingerprint density at radius 1 is 0.594 bits per heavy atom. The molecule has 0 amide bonds. The second kappa shape index (κ2) is 29.2. The van der Waals surface area contributed by atoms with Gasteiger partial charge in [-0.05, 0) is 188 Å². The molecule has 6 rings (SSSR count). The van der Waals surface area contributed by atoms with E-state index < -0.39 is 0 Å². The maximum absolute atomic E-state index is 13.6. The molecule has 6 aromatic rings. The molecule has 0 fully saturated rings. The lowest BCUT2D eigenvalue weighted by Gasteiger charge is -2.12. The first-order chi connectivity index (χ1) is 32.7. The molecule has 0 saturated heterocycles. The Bertz CT molecular complexity index is 2620. The van der Waals surface area contributed by atoms with E-state index in [0.29, 0.717) is 22.4 Å². The Balaban J connectivity index is 0.000000248. The van der Waals surface area contributed by atoms with Gasteiger partial charge >= 0.3 is 0 Å². The summed E-state index contributed by atoms with van der Waals surface area (Å²) in [7, 11) is 1.82. The molecular weight excluding hydrogens is 874 g/mol. The van der Waals surface area contributed by atoms with Gasteiger partial charge in [0.2, 0.25) is 0 Å². The summed E-state index contributed by atoms with van der Waals surface area (Å²) < 4.78 is 26.7. The minimum Gasteiger partial charge on any atom is -0.391 e. The lowest BCUT2D eigenvalue weighted by Crippen LogP contribution is -2.07. The number of nitrogens with one attached hydrogen (secondary N) is 1. The van der Waals surface area contributed by atoms with Gasteiger partial charge in [-0.15, -0.1) is 0 Å². The number of hydrogen-bond donors (Lipinski definition) is 1. The van der Waals surface area contributed by atoms with Crippen LogP contribution in [0.5, 0.6) is 0 Å². The summed E-state index contributed by atoms with van der Waals surface area (Å²) in [5.41, 5.74) is 17.2. The van der Waals surface area contributed by atoms with Crippen LogP contribution < -0.4 is 5.32 Å². The van der Waals surface area contributed by atoms with Crippen molar-refractivity contribution >= 4 is 11.6 Å². The largest absolute Gasteiger partial charge is 0.391 e. The first-order valence-corrected chi connectivity index (χ1v) is 24.8. The number of halogens is 3. The van der Waals surface area contributed by atoms with Crippen LogP contribution in [0.15, 0.2) is 133 Å². The van der Waals surface area contributed by atoms with Gasteiger partial charge in [-0.25, -0.2) is 8.78 Å². The molecule has 0 spiro atoms. The molecule has 0 atom stereocenters. The Morgan fingerprint density at radius 2 is 1.07 bits per heavy atom. The summed E-state index contributed by atoms with van der Waals surface area (Å²) in [6.07, 6.45) is 11.0. The summed E-state index contributed by atoms with van der Waals surface area (Å²) >= 11 is 5.84. The van der Waals surface area contributed by atoms with Gasteiger partial charge in [0.05, 0.1) is 11.1 Å². The topological polar surface area (TPSA) is 61.6 Å². The number of rotatable bonds is 15. The van der Waals surface area contributed by atoms with Crippen molar-refractivity contribution in [2.24, 2.45) is 0 Å². The second-order valence-electron chi connectivity index (χ2n) is 19.2. The van der Waals surface area contributed by atoms with E-state index in [4.69, 9.17) is 16.9 Å². The maximum atomic E-state index is 13.6. The van der Waals surface area contributed by atoms with Gasteiger partial charge in [0.1, 0.15) is 11.6 Å². The van der Waals surface area contributed by atoms with E-state index in [2.05, 4.69) is 113 Å². The third-order valence-corrected chi connectivity index (χ3v) is 12.2. The molecule has 2 heterocycles. The maximum Gasteiger partial charge on any atom is 0.126 e. The minimum absolute atomic E-state index is 0.0920. The van der Waals surface area contributed by atoms with Crippen LogP contribution in [-0.4, -0.2) is 17.0 Å². The summed E-state index contributed by atoms with van der Waals surface area (Å²) in [6, 6.07) is 34.2. The number of pyridine rings is 2. The average Bonchev–Trinajstić information content (AvgIpc) is 3.31. The first-order valence-electron chi connectivity index (χ1n) is 24.4. The number of benzene rings is 4. The molecule has 1 N–H and O–H groups in total. The molecule has 7 heteroatoms. The third-order valence-electron chi connectivity index (χ3n) is 12.0. The smallest absolute Gasteiger partial charge is 0.126 e. The number of nitrogens with zero attached hydrogens (tertiary/aromatic N) is 3. The fourth-order valence-corrected chi connectivity index (χ4v) is 7.97. The van der Waals surface area contributed by atoms with Crippen LogP contribution in [0.2, 0.25) is 5.02 Å². The zero-order valence-electron chi connectivity index (χ0n) is 43.7. The van der Waals surface area contributed by atoms with E-state index in [0.717, 1.165) is 72.2 Å². The molecule has 0 radical (unpaired) electrons. The zero-order chi connectivity index (χ0) is 51.2. The van der Waals surface area contributed by atoms with Crippen molar-refractivity contribution in [3.8, 4) is 6.07 Å². The van der Waals surface area contributed by atoms with Crippen LogP contribution in [0.25, 0.3) is 0 Å². The molecular formula is C62H77ClF2N4. The molecule has 0 unspecified atom stereocenters. The van der Waals surface area contributed by atoms with Crippen molar-refractivity contribution in [2.75, 3.05) is 7.05 Å². The van der Waals surface area contributed by atoms with E-state index in [1.165, 1.54) is 56.8 Å². The third kappa shape index (κ3) is 20.3. The fourth-order valence-electron chi connectivity index (χ4n) is 7.86. The van der Waals surface area contributed by atoms with Crippen LogP contribution in [0, 0.1) is 50.7 Å². The van der Waals surface area contributed by atoms with Gasteiger partial charge < -0.3 is 5.32 Å². The van der Waals surface area contributed by atoms with Crippen LogP contribution in [0.4, 0.5) is 8.78 Å². The van der Waals surface area contributed by atoms with E-state index >= 15 is 0 Å². The molecule has 0 aliphatic rings. The lowest BCUT2D eigenvalue weighted by atomic mass is 9.94. The van der Waals surface area contributed by atoms with Crippen molar-refractivity contribution < 1.29 is 8.78 Å². The normalized spacial score (nSPS) is 11.0. The molecule has 0 aliphatic carbocycles. The van der Waals surface area contributed by atoms with E-state index in [-0.39, 0.29) is 23.5 Å². The Labute approximate surface area is 420 Å². The van der Waals surface area contributed by atoms with E-state index in [9.17, 15) is 8.78 Å². The molecule has 4 nitrogen and oxygen atoms in total. The Hall–Kier alpha value is -5.90. The number of aryl methyl sites for hydroxylation is 9. The van der Waals surface area contributed by atoms with Gasteiger partial charge in [0.15, 0.2) is 0 Å². The van der Waals surface area contributed by atoms with Gasteiger partial charge in [-0.1, -0.05) is 140 Å². The van der Waals surface area contributed by atoms with E-state index in [1.54, 1.807) is 18.3 Å². The summed E-state index contributed by atoms with van der Waals surface area (Å²) in [5.74, 6) is 1.38. The molecule has 0 saturated carbocycles. The zero-order valence-corrected chi connectivity index (χ0v) is 44.5. The quantitative estimate of drug-likeness (QED) is 0.0823. The monoisotopic (exact) mass is 951 g/mol. The molecule has 366 valence electrons. The van der Waals surface area contributed by atoms with Crippen LogP contribution in [0.1, 0.15) is 158 Å². The standard InChI is InChI=1S/C18H23N.C17H20ClN.C17H21FN2.C10H13F/c1-13(2)18-12-16(6-5-15(18)4)7-8-17-11-14(3)9-10-19-17;1-12(2)17-10-14(5-4-13(17)3)6-8-16-9-7-15(18)11-19-16;1-12(2)16-10-14(6-8-17(16)18)5-7-15(20-4)9-13(3)11-19;1-7(2)9-6-8(3)4-5-10(9)11/h5-6,9-13H,7-8H2,1-4H3;4-5,7,9-12H,6,8H2,1-3H3;6,8-10,12,20H,3,5,7H2,1-2,4H3;4-7H,1-3H3/b;;15-9-;. The molecule has 0 bridgehead atoms. The minimum atomic E-state index is -0.147.